The van der Waals surface area contributed by atoms with Crippen molar-refractivity contribution in [1.82, 2.24) is 9.80 Å². The van der Waals surface area contributed by atoms with Crippen LogP contribution in [-0.4, -0.2) is 65.7 Å². The van der Waals surface area contributed by atoms with E-state index >= 15 is 0 Å². The molecule has 1 aliphatic heterocycles. The van der Waals surface area contributed by atoms with Gasteiger partial charge in [0.1, 0.15) is 17.8 Å². The average Bonchev–Trinajstić information content (AvgIpc) is 3.39. The maximum atomic E-state index is 14.5. The molecule has 12 heteroatoms. The van der Waals surface area contributed by atoms with Gasteiger partial charge >= 0.3 is 18.3 Å². The van der Waals surface area contributed by atoms with Gasteiger partial charge in [-0.1, -0.05) is 96.6 Å². The van der Waals surface area contributed by atoms with Crippen LogP contribution in [0.1, 0.15) is 141 Å². The maximum Gasteiger partial charge on any atom is 0.426 e. The fourth-order valence-corrected chi connectivity index (χ4v) is 6.30. The molecule has 1 aliphatic rings. The number of unbranched alkanes of at least 4 members (excludes halogenated alkanes) is 14. The Morgan fingerprint density at radius 3 is 1.74 bits per heavy atom. The van der Waals surface area contributed by atoms with E-state index in [1.165, 1.54) is 62.8 Å². The number of benzene rings is 1. The van der Waals surface area contributed by atoms with Gasteiger partial charge in [-0.2, -0.15) is 26.3 Å². The molecule has 1 aromatic rings. The van der Waals surface area contributed by atoms with Gasteiger partial charge in [0, 0.05) is 32.5 Å². The summed E-state index contributed by atoms with van der Waals surface area (Å²) in [6, 6.07) is 5.13. The summed E-state index contributed by atoms with van der Waals surface area (Å²) in [5.74, 6) is -1.78. The molecule has 0 aliphatic carbocycles. The van der Waals surface area contributed by atoms with Crippen LogP contribution in [0.25, 0.3) is 0 Å². The standard InChI is InChI=1S/C38H57F6N3O3/c1-5-7-9-11-12-13-14-15-16-17-18-19-20-21-23-25-33(49)50-31-28-26-30(27-29-31)34-45-36(37(39,40)41,38(42,43)44)35(47(34)4)46(3)32(48)24-22-10-8-6-2/h15-16,26-29,35H,5-14,17-25H2,1-4H3. The van der Waals surface area contributed by atoms with Crippen molar-refractivity contribution in [3.63, 3.8) is 0 Å². The number of ether oxygens (including phenoxy) is 1. The second-order valence-electron chi connectivity index (χ2n) is 13.3. The molecule has 1 atom stereocenters. The first-order valence-corrected chi connectivity index (χ1v) is 18.4. The minimum Gasteiger partial charge on any atom is -0.427 e. The second-order valence-corrected chi connectivity index (χ2v) is 13.3. The van der Waals surface area contributed by atoms with Crippen LogP contribution in [0, 0.1) is 0 Å². The molecule has 2 rings (SSSR count). The van der Waals surface area contributed by atoms with Crippen LogP contribution in [0.3, 0.4) is 0 Å². The minimum absolute atomic E-state index is 0.0475. The Bertz CT molecular complexity index is 1200. The first-order valence-electron chi connectivity index (χ1n) is 18.4. The third kappa shape index (κ3) is 12.6. The molecule has 284 valence electrons. The normalized spacial score (nSPS) is 16.2. The van der Waals surface area contributed by atoms with Crippen LogP contribution >= 0.6 is 0 Å². The van der Waals surface area contributed by atoms with Crippen LogP contribution < -0.4 is 4.74 Å². The highest BCUT2D eigenvalue weighted by Crippen LogP contribution is 2.53. The lowest BCUT2D eigenvalue weighted by Gasteiger charge is -2.42. The van der Waals surface area contributed by atoms with Gasteiger partial charge in [0.2, 0.25) is 5.91 Å². The van der Waals surface area contributed by atoms with E-state index in [9.17, 15) is 35.9 Å². The molecule has 1 amide bonds. The van der Waals surface area contributed by atoms with Gasteiger partial charge in [0.15, 0.2) is 0 Å². The zero-order chi connectivity index (χ0) is 37.2. The molecule has 50 heavy (non-hydrogen) atoms. The molecule has 0 radical (unpaired) electrons. The number of hydrogen-bond acceptors (Lipinski definition) is 5. The number of alkyl halides is 6. The van der Waals surface area contributed by atoms with E-state index in [-0.39, 0.29) is 24.2 Å². The van der Waals surface area contributed by atoms with Gasteiger partial charge in [0.25, 0.3) is 5.54 Å². The van der Waals surface area contributed by atoms with E-state index in [4.69, 9.17) is 4.74 Å². The average molecular weight is 718 g/mol. The van der Waals surface area contributed by atoms with Crippen molar-refractivity contribution in [2.45, 2.75) is 160 Å². The number of rotatable bonds is 23. The number of halogens is 6. The van der Waals surface area contributed by atoms with Crippen LogP contribution in [0.2, 0.25) is 0 Å². The Morgan fingerprint density at radius 1 is 0.760 bits per heavy atom. The highest BCUT2D eigenvalue weighted by molar-refractivity contribution is 6.01. The molecule has 0 bridgehead atoms. The first-order chi connectivity index (χ1) is 23.7. The molecule has 1 aromatic carbocycles. The summed E-state index contributed by atoms with van der Waals surface area (Å²) < 4.78 is 92.1. The minimum atomic E-state index is -5.86. The molecule has 0 aromatic heterocycles. The number of amidine groups is 1. The molecule has 0 saturated heterocycles. The number of nitrogens with zero attached hydrogens (tertiary/aromatic N) is 3. The SMILES string of the molecule is CCCCCCCCC=CCCCCCCCC(=O)Oc1ccc(C2=NC(C(F)(F)F)(C(F)(F)F)C(N(C)C(=O)CCCCCC)N2C)cc1. The summed E-state index contributed by atoms with van der Waals surface area (Å²) in [6.07, 6.45) is 7.64. The summed E-state index contributed by atoms with van der Waals surface area (Å²) >= 11 is 0. The zero-order valence-electron chi connectivity index (χ0n) is 30.3. The molecule has 6 nitrogen and oxygen atoms in total. The number of likely N-dealkylation sites (N-methyl/N-ethyl adjacent to an activating group) is 2. The molecular weight excluding hydrogens is 660 g/mol. The predicted molar refractivity (Wildman–Crippen MR) is 186 cm³/mol. The van der Waals surface area contributed by atoms with E-state index in [0.717, 1.165) is 70.4 Å². The second kappa shape index (κ2) is 21.3. The van der Waals surface area contributed by atoms with Gasteiger partial charge in [-0.25, -0.2) is 4.99 Å². The molecule has 0 N–H and O–H groups in total. The Hall–Kier alpha value is -3.05. The number of carbonyl (C=O) groups excluding carboxylic acids is 2. The summed E-state index contributed by atoms with van der Waals surface area (Å²) in [5.41, 5.74) is -4.61. The van der Waals surface area contributed by atoms with Crippen LogP contribution in [0.4, 0.5) is 26.3 Å². The quantitative estimate of drug-likeness (QED) is 0.0372. The van der Waals surface area contributed by atoms with E-state index in [1.54, 1.807) is 0 Å². The zero-order valence-corrected chi connectivity index (χ0v) is 30.3. The van der Waals surface area contributed by atoms with Crippen molar-refractivity contribution in [3.05, 3.63) is 42.0 Å². The van der Waals surface area contributed by atoms with Crippen molar-refractivity contribution in [3.8, 4) is 5.75 Å². The maximum absolute atomic E-state index is 14.5. The van der Waals surface area contributed by atoms with E-state index < -0.39 is 41.8 Å². The number of aliphatic imine (C=N–C) groups is 1. The number of esters is 1. The molecule has 0 fully saturated rings. The van der Waals surface area contributed by atoms with Crippen LogP contribution in [-0.2, 0) is 9.59 Å². The van der Waals surface area contributed by atoms with E-state index in [1.807, 2.05) is 6.92 Å². The number of carbonyl (C=O) groups is 2. The Kier molecular flexibility index (Phi) is 18.4. The lowest BCUT2D eigenvalue weighted by Crippen LogP contribution is -2.69. The highest BCUT2D eigenvalue weighted by atomic mass is 19.4. The van der Waals surface area contributed by atoms with Crippen molar-refractivity contribution < 1.29 is 40.7 Å². The summed E-state index contributed by atoms with van der Waals surface area (Å²) in [6.45, 7) is 4.16. The smallest absolute Gasteiger partial charge is 0.426 e. The number of allylic oxidation sites excluding steroid dienone is 2. The largest absolute Gasteiger partial charge is 0.427 e. The predicted octanol–water partition coefficient (Wildman–Crippen LogP) is 10.9. The van der Waals surface area contributed by atoms with Gasteiger partial charge in [-0.3, -0.25) is 9.59 Å². The monoisotopic (exact) mass is 717 g/mol. The lowest BCUT2D eigenvalue weighted by atomic mass is 9.93. The fraction of sp³-hybridized carbons (Fsp3) is 0.711. The van der Waals surface area contributed by atoms with Crippen molar-refractivity contribution in [2.24, 2.45) is 4.99 Å². The fourth-order valence-electron chi connectivity index (χ4n) is 6.30. The molecule has 1 unspecified atom stereocenters. The van der Waals surface area contributed by atoms with Crippen molar-refractivity contribution in [1.29, 1.82) is 0 Å². The number of amides is 1. The third-order valence-electron chi connectivity index (χ3n) is 9.21. The summed E-state index contributed by atoms with van der Waals surface area (Å²) in [4.78, 5) is 29.8. The van der Waals surface area contributed by atoms with Gasteiger partial charge < -0.3 is 14.5 Å². The first kappa shape index (κ1) is 43.1. The Labute approximate surface area is 294 Å². The van der Waals surface area contributed by atoms with E-state index in [2.05, 4.69) is 24.1 Å². The summed E-state index contributed by atoms with van der Waals surface area (Å²) in [7, 11) is 2.01. The highest BCUT2D eigenvalue weighted by Gasteiger charge is 2.79. The Morgan fingerprint density at radius 2 is 1.22 bits per heavy atom. The van der Waals surface area contributed by atoms with E-state index in [0.29, 0.717) is 24.2 Å². The number of hydrogen-bond donors (Lipinski definition) is 0. The molecule has 0 saturated carbocycles. The lowest BCUT2D eigenvalue weighted by molar-refractivity contribution is -0.312. The van der Waals surface area contributed by atoms with Gasteiger partial charge in [-0.05, 0) is 62.8 Å². The summed E-state index contributed by atoms with van der Waals surface area (Å²) in [5, 5.41) is 0. The van der Waals surface area contributed by atoms with Gasteiger partial charge in [-0.15, -0.1) is 0 Å². The van der Waals surface area contributed by atoms with Crippen molar-refractivity contribution >= 4 is 17.7 Å². The van der Waals surface area contributed by atoms with Gasteiger partial charge in [0.05, 0.1) is 0 Å². The Balaban J connectivity index is 1.92. The third-order valence-corrected chi connectivity index (χ3v) is 9.21. The van der Waals surface area contributed by atoms with Crippen LogP contribution in [0.5, 0.6) is 5.75 Å². The molecular formula is C38H57F6N3O3. The molecule has 0 spiro atoms. The van der Waals surface area contributed by atoms with Crippen LogP contribution in [0.15, 0.2) is 41.4 Å². The topological polar surface area (TPSA) is 62.2 Å². The molecule has 1 heterocycles. The van der Waals surface area contributed by atoms with Crippen molar-refractivity contribution in [2.75, 3.05) is 14.1 Å².